The van der Waals surface area contributed by atoms with Crippen molar-refractivity contribution in [2.75, 3.05) is 5.73 Å². The number of nitrogens with one attached hydrogen (secondary N) is 1. The summed E-state index contributed by atoms with van der Waals surface area (Å²) < 4.78 is 2.99. The molecule has 1 aliphatic carbocycles. The molecule has 2 aromatic carbocycles. The number of benzene rings is 2. The normalized spacial score (nSPS) is 13.8. The van der Waals surface area contributed by atoms with Crippen LogP contribution in [0.5, 0.6) is 0 Å². The van der Waals surface area contributed by atoms with Gasteiger partial charge in [-0.1, -0.05) is 36.1 Å². The van der Waals surface area contributed by atoms with Gasteiger partial charge in [0.05, 0.1) is 22.6 Å². The highest BCUT2D eigenvalue weighted by Crippen LogP contribution is 2.28. The molecule has 182 valence electrons. The lowest BCUT2D eigenvalue weighted by molar-refractivity contribution is 0.0940. The number of anilines is 1. The quantitative estimate of drug-likeness (QED) is 0.374. The van der Waals surface area contributed by atoms with Gasteiger partial charge in [0.15, 0.2) is 11.5 Å². The van der Waals surface area contributed by atoms with Crippen LogP contribution in [0, 0.1) is 17.8 Å². The molecule has 6 rings (SSSR count). The van der Waals surface area contributed by atoms with Crippen molar-refractivity contribution in [2.45, 2.75) is 25.8 Å². The third-order valence-electron chi connectivity index (χ3n) is 6.31. The fourth-order valence-electron chi connectivity index (χ4n) is 4.33. The van der Waals surface area contributed by atoms with Gasteiger partial charge in [-0.3, -0.25) is 14.2 Å². The molecule has 0 bridgehead atoms. The molecule has 0 unspecified atom stereocenters. The minimum absolute atomic E-state index is 0.0641. The SMILES string of the molecule is C[C@@H](NC(=O)c1c(N)nn2cccnc12)c1nc2cccc(C#CC3CC3)c2c(=O)n1-c1ccccc1. The van der Waals surface area contributed by atoms with Crippen molar-refractivity contribution in [1.82, 2.24) is 29.5 Å². The minimum atomic E-state index is -0.649. The summed E-state index contributed by atoms with van der Waals surface area (Å²) in [6.07, 6.45) is 5.43. The van der Waals surface area contributed by atoms with E-state index < -0.39 is 11.9 Å². The standard InChI is InChI=1S/C28H23N7O2/c1-17(31-27(36)23-24(29)33-34-16-6-15-30-26(23)34)25-32-21-10-5-7-19(14-13-18-11-12-18)22(21)28(37)35(25)20-8-3-2-4-9-20/h2-10,15-18H,11-12H2,1H3,(H2,29,33)(H,31,36)/t17-/m1/s1. The van der Waals surface area contributed by atoms with Crippen LogP contribution in [0.15, 0.2) is 71.8 Å². The Hall–Kier alpha value is -4.97. The average molecular weight is 490 g/mol. The van der Waals surface area contributed by atoms with Crippen LogP contribution in [0.25, 0.3) is 22.2 Å². The number of rotatable bonds is 4. The van der Waals surface area contributed by atoms with E-state index >= 15 is 0 Å². The zero-order valence-electron chi connectivity index (χ0n) is 20.0. The Labute approximate surface area is 212 Å². The summed E-state index contributed by atoms with van der Waals surface area (Å²) >= 11 is 0. The lowest BCUT2D eigenvalue weighted by Gasteiger charge is -2.20. The molecule has 0 radical (unpaired) electrons. The molecule has 9 nitrogen and oxygen atoms in total. The van der Waals surface area contributed by atoms with E-state index in [4.69, 9.17) is 10.7 Å². The van der Waals surface area contributed by atoms with Gasteiger partial charge in [-0.05, 0) is 50.1 Å². The number of hydrogen-bond donors (Lipinski definition) is 2. The van der Waals surface area contributed by atoms with Gasteiger partial charge < -0.3 is 11.1 Å². The van der Waals surface area contributed by atoms with Crippen LogP contribution in [0.1, 0.15) is 47.6 Å². The summed E-state index contributed by atoms with van der Waals surface area (Å²) in [5.74, 6) is 6.81. The van der Waals surface area contributed by atoms with Crippen molar-refractivity contribution >= 4 is 28.3 Å². The topological polar surface area (TPSA) is 120 Å². The number of carbonyl (C=O) groups is 1. The lowest BCUT2D eigenvalue weighted by Crippen LogP contribution is -2.33. The van der Waals surface area contributed by atoms with Crippen LogP contribution in [-0.2, 0) is 0 Å². The van der Waals surface area contributed by atoms with Crippen molar-refractivity contribution in [3.63, 3.8) is 0 Å². The zero-order chi connectivity index (χ0) is 25.5. The van der Waals surface area contributed by atoms with E-state index in [2.05, 4.69) is 27.2 Å². The van der Waals surface area contributed by atoms with Crippen molar-refractivity contribution in [2.24, 2.45) is 5.92 Å². The summed E-state index contributed by atoms with van der Waals surface area (Å²) in [4.78, 5) is 36.4. The molecular weight excluding hydrogens is 466 g/mol. The predicted octanol–water partition coefficient (Wildman–Crippen LogP) is 3.26. The molecule has 37 heavy (non-hydrogen) atoms. The Morgan fingerprint density at radius 3 is 2.73 bits per heavy atom. The van der Waals surface area contributed by atoms with E-state index in [0.717, 1.165) is 12.8 Å². The fraction of sp³-hybridized carbons (Fsp3) is 0.179. The van der Waals surface area contributed by atoms with E-state index in [-0.39, 0.29) is 16.9 Å². The maximum Gasteiger partial charge on any atom is 0.267 e. The third-order valence-corrected chi connectivity index (χ3v) is 6.31. The Bertz CT molecular complexity index is 1790. The molecular formula is C28H23N7O2. The molecule has 1 amide bonds. The van der Waals surface area contributed by atoms with Gasteiger partial charge >= 0.3 is 0 Å². The number of para-hydroxylation sites is 1. The van der Waals surface area contributed by atoms with E-state index in [0.29, 0.717) is 39.5 Å². The van der Waals surface area contributed by atoms with Gasteiger partial charge in [-0.15, -0.1) is 5.10 Å². The van der Waals surface area contributed by atoms with Crippen molar-refractivity contribution in [1.29, 1.82) is 0 Å². The fourth-order valence-corrected chi connectivity index (χ4v) is 4.33. The van der Waals surface area contributed by atoms with Gasteiger partial charge in [0.2, 0.25) is 0 Å². The Morgan fingerprint density at radius 1 is 1.14 bits per heavy atom. The van der Waals surface area contributed by atoms with Gasteiger partial charge in [0, 0.05) is 23.9 Å². The predicted molar refractivity (Wildman–Crippen MR) is 140 cm³/mol. The van der Waals surface area contributed by atoms with Crippen molar-refractivity contribution in [3.05, 3.63) is 94.3 Å². The molecule has 0 spiro atoms. The second-order valence-electron chi connectivity index (χ2n) is 9.03. The summed E-state index contributed by atoms with van der Waals surface area (Å²) in [7, 11) is 0. The van der Waals surface area contributed by atoms with Crippen molar-refractivity contribution in [3.8, 4) is 17.5 Å². The minimum Gasteiger partial charge on any atom is -0.381 e. The molecule has 1 aliphatic rings. The maximum atomic E-state index is 14.0. The molecule has 5 aromatic rings. The van der Waals surface area contributed by atoms with Crippen LogP contribution in [0.4, 0.5) is 5.82 Å². The van der Waals surface area contributed by atoms with Crippen LogP contribution in [0.2, 0.25) is 0 Å². The van der Waals surface area contributed by atoms with Gasteiger partial charge in [0.25, 0.3) is 11.5 Å². The number of amides is 1. The lowest BCUT2D eigenvalue weighted by atomic mass is 10.1. The molecule has 3 heterocycles. The molecule has 0 aliphatic heterocycles. The third kappa shape index (κ3) is 4.08. The highest BCUT2D eigenvalue weighted by molar-refractivity contribution is 6.04. The van der Waals surface area contributed by atoms with Gasteiger partial charge in [0.1, 0.15) is 11.4 Å². The molecule has 9 heteroatoms. The van der Waals surface area contributed by atoms with Crippen LogP contribution >= 0.6 is 0 Å². The highest BCUT2D eigenvalue weighted by Gasteiger charge is 2.25. The van der Waals surface area contributed by atoms with Crippen LogP contribution in [-0.4, -0.2) is 30.1 Å². The second-order valence-corrected chi connectivity index (χ2v) is 9.03. The van der Waals surface area contributed by atoms with E-state index in [1.165, 1.54) is 9.08 Å². The maximum absolute atomic E-state index is 14.0. The molecule has 1 atom stereocenters. The smallest absolute Gasteiger partial charge is 0.267 e. The Kier molecular flexibility index (Phi) is 5.42. The zero-order valence-corrected chi connectivity index (χ0v) is 20.0. The van der Waals surface area contributed by atoms with E-state index in [1.54, 1.807) is 31.5 Å². The monoisotopic (exact) mass is 489 g/mol. The largest absolute Gasteiger partial charge is 0.381 e. The summed E-state index contributed by atoms with van der Waals surface area (Å²) in [6.45, 7) is 1.77. The number of nitrogens with two attached hydrogens (primary N) is 1. The first-order chi connectivity index (χ1) is 18.0. The number of fused-ring (bicyclic) bond motifs is 2. The van der Waals surface area contributed by atoms with Gasteiger partial charge in [-0.2, -0.15) is 0 Å². The first-order valence-corrected chi connectivity index (χ1v) is 12.0. The summed E-state index contributed by atoms with van der Waals surface area (Å²) in [5.41, 5.74) is 8.12. The van der Waals surface area contributed by atoms with Crippen LogP contribution in [0.3, 0.4) is 0 Å². The second kappa shape index (κ2) is 8.91. The van der Waals surface area contributed by atoms with Crippen molar-refractivity contribution < 1.29 is 4.79 Å². The number of hydrogen-bond acceptors (Lipinski definition) is 6. The molecule has 1 fully saturated rings. The number of carbonyl (C=O) groups excluding carboxylic acids is 1. The first-order valence-electron chi connectivity index (χ1n) is 12.0. The molecule has 3 N–H and O–H groups in total. The van der Waals surface area contributed by atoms with E-state index in [1.807, 2.05) is 42.5 Å². The summed E-state index contributed by atoms with van der Waals surface area (Å²) in [5, 5.41) is 7.56. The number of nitrogen functional groups attached to an aromatic ring is 1. The van der Waals surface area contributed by atoms with Crippen LogP contribution < -0.4 is 16.6 Å². The summed E-state index contributed by atoms with van der Waals surface area (Å²) in [6, 6.07) is 15.8. The Morgan fingerprint density at radius 2 is 1.95 bits per heavy atom. The molecule has 1 saturated carbocycles. The molecule has 0 saturated heterocycles. The van der Waals surface area contributed by atoms with E-state index in [9.17, 15) is 9.59 Å². The van der Waals surface area contributed by atoms with Gasteiger partial charge in [-0.25, -0.2) is 14.5 Å². The number of aromatic nitrogens is 5. The molecule has 3 aromatic heterocycles. The highest BCUT2D eigenvalue weighted by atomic mass is 16.2. The Balaban J connectivity index is 1.48. The first kappa shape index (κ1) is 22.5. The number of nitrogens with zero attached hydrogens (tertiary/aromatic N) is 5. The average Bonchev–Trinajstić information content (AvgIpc) is 3.67.